The molecule has 1 aromatic heterocycles. The molecule has 7 heteroatoms. The summed E-state index contributed by atoms with van der Waals surface area (Å²) in [4.78, 5) is 12.3. The standard InChI is InChI=1S/C16H21N3O4/c1-11(19-7-5-6-18-19)16(20)17-10-13-14(22-3)8-12(21-2)9-15(13)23-4/h5-9,11H,10H2,1-4H3,(H,17,20)/t11-/m0/s1. The van der Waals surface area contributed by atoms with Crippen molar-refractivity contribution in [3.05, 3.63) is 36.2 Å². The van der Waals surface area contributed by atoms with E-state index in [1.165, 1.54) is 0 Å². The van der Waals surface area contributed by atoms with Gasteiger partial charge in [-0.25, -0.2) is 0 Å². The third-order valence-electron chi connectivity index (χ3n) is 3.56. The first-order valence-electron chi connectivity index (χ1n) is 7.16. The zero-order chi connectivity index (χ0) is 16.8. The Morgan fingerprint density at radius 2 is 1.87 bits per heavy atom. The molecule has 0 radical (unpaired) electrons. The smallest absolute Gasteiger partial charge is 0.244 e. The lowest BCUT2D eigenvalue weighted by molar-refractivity contribution is -0.124. The van der Waals surface area contributed by atoms with Crippen LogP contribution in [0.5, 0.6) is 17.2 Å². The maximum absolute atomic E-state index is 12.3. The van der Waals surface area contributed by atoms with Gasteiger partial charge in [0, 0.05) is 24.5 Å². The quantitative estimate of drug-likeness (QED) is 0.842. The molecule has 0 unspecified atom stereocenters. The monoisotopic (exact) mass is 319 g/mol. The number of carbonyl (C=O) groups excluding carboxylic acids is 1. The van der Waals surface area contributed by atoms with Crippen molar-refractivity contribution in [2.45, 2.75) is 19.5 Å². The van der Waals surface area contributed by atoms with E-state index >= 15 is 0 Å². The molecule has 0 aliphatic rings. The van der Waals surface area contributed by atoms with E-state index in [-0.39, 0.29) is 12.5 Å². The van der Waals surface area contributed by atoms with E-state index in [0.717, 1.165) is 5.56 Å². The average molecular weight is 319 g/mol. The molecule has 1 heterocycles. The van der Waals surface area contributed by atoms with E-state index in [9.17, 15) is 4.79 Å². The second-order valence-electron chi connectivity index (χ2n) is 4.89. The Morgan fingerprint density at radius 1 is 1.22 bits per heavy atom. The molecule has 23 heavy (non-hydrogen) atoms. The van der Waals surface area contributed by atoms with Crippen molar-refractivity contribution < 1.29 is 19.0 Å². The third-order valence-corrected chi connectivity index (χ3v) is 3.56. The zero-order valence-electron chi connectivity index (χ0n) is 13.7. The number of aromatic nitrogens is 2. The van der Waals surface area contributed by atoms with E-state index < -0.39 is 6.04 Å². The zero-order valence-corrected chi connectivity index (χ0v) is 13.7. The van der Waals surface area contributed by atoms with Gasteiger partial charge in [0.2, 0.25) is 5.91 Å². The predicted octanol–water partition coefficient (Wildman–Crippen LogP) is 1.79. The fourth-order valence-corrected chi connectivity index (χ4v) is 2.21. The van der Waals surface area contributed by atoms with Gasteiger partial charge in [-0.1, -0.05) is 0 Å². The van der Waals surface area contributed by atoms with Crippen molar-refractivity contribution in [1.82, 2.24) is 15.1 Å². The molecular weight excluding hydrogens is 298 g/mol. The summed E-state index contributed by atoms with van der Waals surface area (Å²) in [6.45, 7) is 2.06. The van der Waals surface area contributed by atoms with E-state index in [2.05, 4.69) is 10.4 Å². The number of hydrogen-bond donors (Lipinski definition) is 1. The summed E-state index contributed by atoms with van der Waals surface area (Å²) in [6, 6.07) is 4.88. The van der Waals surface area contributed by atoms with Crippen molar-refractivity contribution in [1.29, 1.82) is 0 Å². The van der Waals surface area contributed by atoms with Crippen LogP contribution in [-0.4, -0.2) is 37.0 Å². The molecule has 0 aliphatic carbocycles. The molecule has 2 aromatic rings. The number of ether oxygens (including phenoxy) is 3. The van der Waals surface area contributed by atoms with Crippen molar-refractivity contribution in [3.63, 3.8) is 0 Å². The molecule has 0 saturated heterocycles. The number of hydrogen-bond acceptors (Lipinski definition) is 5. The van der Waals surface area contributed by atoms with Gasteiger partial charge in [0.15, 0.2) is 0 Å². The molecule has 7 nitrogen and oxygen atoms in total. The lowest BCUT2D eigenvalue weighted by Crippen LogP contribution is -2.31. The highest BCUT2D eigenvalue weighted by Crippen LogP contribution is 2.33. The molecule has 2 rings (SSSR count). The van der Waals surface area contributed by atoms with Crippen LogP contribution >= 0.6 is 0 Å². The van der Waals surface area contributed by atoms with E-state index in [1.54, 1.807) is 63.5 Å². The van der Waals surface area contributed by atoms with Crippen LogP contribution in [0, 0.1) is 0 Å². The van der Waals surface area contributed by atoms with Gasteiger partial charge in [-0.05, 0) is 13.0 Å². The van der Waals surface area contributed by atoms with E-state index in [0.29, 0.717) is 17.2 Å². The van der Waals surface area contributed by atoms with Crippen LogP contribution in [0.15, 0.2) is 30.6 Å². The number of benzene rings is 1. The molecule has 0 fully saturated rings. The van der Waals surface area contributed by atoms with Crippen LogP contribution in [0.25, 0.3) is 0 Å². The van der Waals surface area contributed by atoms with Crippen LogP contribution in [-0.2, 0) is 11.3 Å². The van der Waals surface area contributed by atoms with Gasteiger partial charge in [0.05, 0.1) is 33.4 Å². The molecule has 0 spiro atoms. The largest absolute Gasteiger partial charge is 0.496 e. The molecule has 0 aliphatic heterocycles. The van der Waals surface area contributed by atoms with E-state index in [1.807, 2.05) is 0 Å². The van der Waals surface area contributed by atoms with Gasteiger partial charge in [-0.15, -0.1) is 0 Å². The summed E-state index contributed by atoms with van der Waals surface area (Å²) in [6.07, 6.45) is 3.39. The second-order valence-corrected chi connectivity index (χ2v) is 4.89. The number of rotatable bonds is 7. The third kappa shape index (κ3) is 3.74. The first-order chi connectivity index (χ1) is 11.1. The average Bonchev–Trinajstić information content (AvgIpc) is 3.12. The Bertz CT molecular complexity index is 630. The number of carbonyl (C=O) groups is 1. The van der Waals surface area contributed by atoms with Crippen LogP contribution in [0.4, 0.5) is 0 Å². The Labute approximate surface area is 135 Å². The highest BCUT2D eigenvalue weighted by Gasteiger charge is 2.18. The molecule has 1 N–H and O–H groups in total. The summed E-state index contributed by atoms with van der Waals surface area (Å²) in [5.41, 5.74) is 0.747. The van der Waals surface area contributed by atoms with Gasteiger partial charge < -0.3 is 19.5 Å². The van der Waals surface area contributed by atoms with Gasteiger partial charge in [-0.3, -0.25) is 9.48 Å². The Hall–Kier alpha value is -2.70. The lowest BCUT2D eigenvalue weighted by Gasteiger charge is -2.17. The Morgan fingerprint density at radius 3 is 2.35 bits per heavy atom. The molecule has 1 atom stereocenters. The van der Waals surface area contributed by atoms with Crippen molar-refractivity contribution in [3.8, 4) is 17.2 Å². The van der Waals surface area contributed by atoms with Crippen LogP contribution in [0.3, 0.4) is 0 Å². The maximum atomic E-state index is 12.3. The summed E-state index contributed by atoms with van der Waals surface area (Å²) in [5.74, 6) is 1.66. The Kier molecular flexibility index (Phi) is 5.46. The molecule has 1 amide bonds. The SMILES string of the molecule is COc1cc(OC)c(CNC(=O)[C@H](C)n2cccn2)c(OC)c1. The topological polar surface area (TPSA) is 74.6 Å². The minimum absolute atomic E-state index is 0.145. The van der Waals surface area contributed by atoms with Gasteiger partial charge in [0.1, 0.15) is 23.3 Å². The number of nitrogens with one attached hydrogen (secondary N) is 1. The molecule has 124 valence electrons. The summed E-state index contributed by atoms with van der Waals surface area (Å²) in [5, 5.41) is 6.95. The predicted molar refractivity (Wildman–Crippen MR) is 84.9 cm³/mol. The molecule has 1 aromatic carbocycles. The van der Waals surface area contributed by atoms with Crippen molar-refractivity contribution in [2.75, 3.05) is 21.3 Å². The first kappa shape index (κ1) is 16.7. The van der Waals surface area contributed by atoms with Gasteiger partial charge >= 0.3 is 0 Å². The van der Waals surface area contributed by atoms with Gasteiger partial charge in [0.25, 0.3) is 0 Å². The molecule has 0 bridgehead atoms. The van der Waals surface area contributed by atoms with E-state index in [4.69, 9.17) is 14.2 Å². The number of nitrogens with zero attached hydrogens (tertiary/aromatic N) is 2. The van der Waals surface area contributed by atoms with Crippen molar-refractivity contribution >= 4 is 5.91 Å². The highest BCUT2D eigenvalue weighted by molar-refractivity contribution is 5.79. The maximum Gasteiger partial charge on any atom is 0.244 e. The fraction of sp³-hybridized carbons (Fsp3) is 0.375. The lowest BCUT2D eigenvalue weighted by atomic mass is 10.1. The normalized spacial score (nSPS) is 11.7. The van der Waals surface area contributed by atoms with Gasteiger partial charge in [-0.2, -0.15) is 5.10 Å². The molecule has 0 saturated carbocycles. The fourth-order valence-electron chi connectivity index (χ4n) is 2.21. The summed E-state index contributed by atoms with van der Waals surface area (Å²) < 4.78 is 17.5. The van der Waals surface area contributed by atoms with Crippen LogP contribution in [0.1, 0.15) is 18.5 Å². The minimum Gasteiger partial charge on any atom is -0.496 e. The second kappa shape index (κ2) is 7.53. The molecular formula is C16H21N3O4. The number of amides is 1. The number of methoxy groups -OCH3 is 3. The van der Waals surface area contributed by atoms with Crippen molar-refractivity contribution in [2.24, 2.45) is 0 Å². The summed E-state index contributed by atoms with van der Waals surface area (Å²) in [7, 11) is 4.69. The van der Waals surface area contributed by atoms with Crippen LogP contribution in [0.2, 0.25) is 0 Å². The summed E-state index contributed by atoms with van der Waals surface area (Å²) >= 11 is 0. The minimum atomic E-state index is -0.403. The first-order valence-corrected chi connectivity index (χ1v) is 7.16. The highest BCUT2D eigenvalue weighted by atomic mass is 16.5. The van der Waals surface area contributed by atoms with Crippen LogP contribution < -0.4 is 19.5 Å². The Balaban J connectivity index is 2.14.